The Labute approximate surface area is 118 Å². The minimum atomic E-state index is 0.466. The molecule has 0 aromatic carbocycles. The van der Waals surface area contributed by atoms with Crippen molar-refractivity contribution in [1.29, 1.82) is 0 Å². The lowest BCUT2D eigenvalue weighted by Gasteiger charge is -1.98. The van der Waals surface area contributed by atoms with Crippen molar-refractivity contribution < 1.29 is 4.42 Å². The van der Waals surface area contributed by atoms with Crippen LogP contribution in [0.2, 0.25) is 0 Å². The third-order valence-corrected chi connectivity index (χ3v) is 3.90. The number of thiophene rings is 1. The molecule has 0 bridgehead atoms. The Kier molecular flexibility index (Phi) is 5.15. The Morgan fingerprint density at radius 2 is 2.28 bits per heavy atom. The smallest absolute Gasteiger partial charge is 0.315 e. The van der Waals surface area contributed by atoms with Crippen molar-refractivity contribution in [2.24, 2.45) is 0 Å². The van der Waals surface area contributed by atoms with Crippen LogP contribution in [0, 0.1) is 0 Å². The van der Waals surface area contributed by atoms with Crippen LogP contribution in [0.4, 0.5) is 6.01 Å². The number of halogens is 1. The molecule has 98 valence electrons. The summed E-state index contributed by atoms with van der Waals surface area (Å²) in [6.45, 7) is 4.38. The van der Waals surface area contributed by atoms with E-state index in [4.69, 9.17) is 4.42 Å². The summed E-state index contributed by atoms with van der Waals surface area (Å²) in [5.74, 6) is 0.610. The standard InChI is InChI=1S/C11H15BrN4OS/c1-2-3-13-6-10-15-16-11(17-10)14-5-9-4-8(12)7-18-9/h4,7,13H,2-3,5-6H2,1H3,(H,14,16). The zero-order chi connectivity index (χ0) is 12.8. The number of hydrogen-bond donors (Lipinski definition) is 2. The molecule has 2 heterocycles. The number of nitrogens with one attached hydrogen (secondary N) is 2. The molecule has 5 nitrogen and oxygen atoms in total. The zero-order valence-electron chi connectivity index (χ0n) is 10.1. The van der Waals surface area contributed by atoms with Gasteiger partial charge < -0.3 is 15.1 Å². The van der Waals surface area contributed by atoms with Gasteiger partial charge in [0.25, 0.3) is 0 Å². The number of nitrogens with zero attached hydrogens (tertiary/aromatic N) is 2. The molecule has 2 rings (SSSR count). The Morgan fingerprint density at radius 3 is 3.00 bits per heavy atom. The second-order valence-corrected chi connectivity index (χ2v) is 5.67. The van der Waals surface area contributed by atoms with E-state index in [1.807, 2.05) is 5.38 Å². The van der Waals surface area contributed by atoms with Crippen LogP contribution >= 0.6 is 27.3 Å². The van der Waals surface area contributed by atoms with E-state index in [9.17, 15) is 0 Å². The first-order valence-electron chi connectivity index (χ1n) is 5.78. The topological polar surface area (TPSA) is 63.0 Å². The van der Waals surface area contributed by atoms with Crippen LogP contribution < -0.4 is 10.6 Å². The minimum Gasteiger partial charge on any atom is -0.407 e. The zero-order valence-corrected chi connectivity index (χ0v) is 12.5. The lowest BCUT2D eigenvalue weighted by molar-refractivity contribution is 0.477. The second-order valence-electron chi connectivity index (χ2n) is 3.76. The van der Waals surface area contributed by atoms with Crippen molar-refractivity contribution in [2.75, 3.05) is 11.9 Å². The van der Waals surface area contributed by atoms with E-state index >= 15 is 0 Å². The fraction of sp³-hybridized carbons (Fsp3) is 0.455. The first-order valence-corrected chi connectivity index (χ1v) is 7.45. The highest BCUT2D eigenvalue weighted by Crippen LogP contribution is 2.20. The molecule has 7 heteroatoms. The summed E-state index contributed by atoms with van der Waals surface area (Å²) in [6, 6.07) is 2.53. The van der Waals surface area contributed by atoms with E-state index in [2.05, 4.69) is 49.8 Å². The quantitative estimate of drug-likeness (QED) is 0.764. The van der Waals surface area contributed by atoms with E-state index in [1.54, 1.807) is 11.3 Å². The summed E-state index contributed by atoms with van der Waals surface area (Å²) in [5, 5.41) is 16.3. The van der Waals surface area contributed by atoms with Crippen LogP contribution in [0.3, 0.4) is 0 Å². The van der Waals surface area contributed by atoms with Gasteiger partial charge in [-0.2, -0.15) is 0 Å². The number of aromatic nitrogens is 2. The summed E-state index contributed by atoms with van der Waals surface area (Å²) in [5.41, 5.74) is 0. The molecule has 0 radical (unpaired) electrons. The van der Waals surface area contributed by atoms with Crippen molar-refractivity contribution in [3.05, 3.63) is 26.7 Å². The predicted octanol–water partition coefficient (Wildman–Crippen LogP) is 3.01. The number of hydrogen-bond acceptors (Lipinski definition) is 6. The van der Waals surface area contributed by atoms with Crippen molar-refractivity contribution in [3.8, 4) is 0 Å². The van der Waals surface area contributed by atoms with Gasteiger partial charge in [-0.05, 0) is 35.0 Å². The third-order valence-electron chi connectivity index (χ3n) is 2.21. The first kappa shape index (κ1) is 13.5. The van der Waals surface area contributed by atoms with E-state index in [0.717, 1.165) is 17.4 Å². The molecule has 0 unspecified atom stereocenters. The summed E-state index contributed by atoms with van der Waals surface area (Å²) in [7, 11) is 0. The third kappa shape index (κ3) is 4.08. The summed E-state index contributed by atoms with van der Waals surface area (Å²) < 4.78 is 6.55. The summed E-state index contributed by atoms with van der Waals surface area (Å²) >= 11 is 5.10. The molecule has 0 aliphatic rings. The molecule has 0 fully saturated rings. The summed E-state index contributed by atoms with van der Waals surface area (Å²) in [4.78, 5) is 1.21. The van der Waals surface area contributed by atoms with Gasteiger partial charge in [0.1, 0.15) is 0 Å². The normalized spacial score (nSPS) is 10.8. The lowest BCUT2D eigenvalue weighted by Crippen LogP contribution is -2.13. The van der Waals surface area contributed by atoms with Gasteiger partial charge in [-0.15, -0.1) is 16.4 Å². The van der Waals surface area contributed by atoms with Gasteiger partial charge in [0.2, 0.25) is 5.89 Å². The predicted molar refractivity (Wildman–Crippen MR) is 75.6 cm³/mol. The molecule has 2 aromatic heterocycles. The average molecular weight is 331 g/mol. The lowest BCUT2D eigenvalue weighted by atomic mass is 10.5. The van der Waals surface area contributed by atoms with Crippen LogP contribution in [0.5, 0.6) is 0 Å². The largest absolute Gasteiger partial charge is 0.407 e. The Morgan fingerprint density at radius 1 is 1.39 bits per heavy atom. The molecule has 0 aliphatic carbocycles. The maximum atomic E-state index is 5.46. The van der Waals surface area contributed by atoms with Crippen LogP contribution in [-0.4, -0.2) is 16.7 Å². The van der Waals surface area contributed by atoms with Gasteiger partial charge in [-0.1, -0.05) is 12.0 Å². The monoisotopic (exact) mass is 330 g/mol. The van der Waals surface area contributed by atoms with E-state index in [1.165, 1.54) is 4.88 Å². The fourth-order valence-corrected chi connectivity index (χ4v) is 2.77. The van der Waals surface area contributed by atoms with Gasteiger partial charge in [-0.3, -0.25) is 0 Å². The second kappa shape index (κ2) is 6.86. The minimum absolute atomic E-state index is 0.466. The highest BCUT2D eigenvalue weighted by Gasteiger charge is 2.05. The van der Waals surface area contributed by atoms with Crippen molar-refractivity contribution >= 4 is 33.3 Å². The van der Waals surface area contributed by atoms with Crippen molar-refractivity contribution in [3.63, 3.8) is 0 Å². The van der Waals surface area contributed by atoms with Crippen LogP contribution in [0.1, 0.15) is 24.1 Å². The number of rotatable bonds is 7. The Bertz CT molecular complexity index is 485. The fourth-order valence-electron chi connectivity index (χ4n) is 1.38. The van der Waals surface area contributed by atoms with Crippen LogP contribution in [0.15, 0.2) is 20.3 Å². The molecule has 0 amide bonds. The van der Waals surface area contributed by atoms with Gasteiger partial charge in [-0.25, -0.2) is 0 Å². The van der Waals surface area contributed by atoms with E-state index < -0.39 is 0 Å². The molecule has 18 heavy (non-hydrogen) atoms. The van der Waals surface area contributed by atoms with E-state index in [-0.39, 0.29) is 0 Å². The van der Waals surface area contributed by atoms with Gasteiger partial charge >= 0.3 is 6.01 Å². The molecular weight excluding hydrogens is 316 g/mol. The Balaban J connectivity index is 1.79. The Hall–Kier alpha value is -0.920. The first-order chi connectivity index (χ1) is 8.78. The highest BCUT2D eigenvalue weighted by molar-refractivity contribution is 9.10. The molecule has 2 aromatic rings. The van der Waals surface area contributed by atoms with Crippen LogP contribution in [-0.2, 0) is 13.1 Å². The molecule has 0 spiro atoms. The molecule has 0 saturated heterocycles. The number of anilines is 1. The molecule has 0 aliphatic heterocycles. The SMILES string of the molecule is CCCNCc1nnc(NCc2cc(Br)cs2)o1. The maximum Gasteiger partial charge on any atom is 0.315 e. The van der Waals surface area contributed by atoms with Gasteiger partial charge in [0.15, 0.2) is 0 Å². The van der Waals surface area contributed by atoms with Crippen molar-refractivity contribution in [2.45, 2.75) is 26.4 Å². The van der Waals surface area contributed by atoms with Gasteiger partial charge in [0, 0.05) is 14.7 Å². The highest BCUT2D eigenvalue weighted by atomic mass is 79.9. The molecule has 0 atom stereocenters. The maximum absolute atomic E-state index is 5.46. The molecule has 2 N–H and O–H groups in total. The molecular formula is C11H15BrN4OS. The average Bonchev–Trinajstić information content (AvgIpc) is 2.96. The van der Waals surface area contributed by atoms with Crippen LogP contribution in [0.25, 0.3) is 0 Å². The van der Waals surface area contributed by atoms with Crippen molar-refractivity contribution in [1.82, 2.24) is 15.5 Å². The van der Waals surface area contributed by atoms with E-state index in [0.29, 0.717) is 25.0 Å². The van der Waals surface area contributed by atoms with Gasteiger partial charge in [0.05, 0.1) is 13.1 Å². The summed E-state index contributed by atoms with van der Waals surface area (Å²) in [6.07, 6.45) is 1.09. The molecule has 0 saturated carbocycles.